The molecule has 0 saturated heterocycles. The SMILES string of the molecule is CNC(=O)c1cc(Oc2cc(C)ccc2NC(=O)c2cc3cccc(C)c3[nH]2)ccn1. The van der Waals surface area contributed by atoms with E-state index < -0.39 is 0 Å². The van der Waals surface area contributed by atoms with Gasteiger partial charge in [0, 0.05) is 30.2 Å². The summed E-state index contributed by atoms with van der Waals surface area (Å²) in [4.78, 5) is 32.0. The largest absolute Gasteiger partial charge is 0.455 e. The van der Waals surface area contributed by atoms with E-state index in [2.05, 4.69) is 20.6 Å². The number of nitrogens with one attached hydrogen (secondary N) is 3. The number of aromatic amines is 1. The van der Waals surface area contributed by atoms with Crippen molar-refractivity contribution in [3.05, 3.63) is 83.3 Å². The summed E-state index contributed by atoms with van der Waals surface area (Å²) in [5, 5.41) is 6.42. The summed E-state index contributed by atoms with van der Waals surface area (Å²) in [6, 6.07) is 16.4. The maximum Gasteiger partial charge on any atom is 0.272 e. The molecule has 2 heterocycles. The molecule has 31 heavy (non-hydrogen) atoms. The zero-order valence-electron chi connectivity index (χ0n) is 17.4. The average molecular weight is 414 g/mol. The van der Waals surface area contributed by atoms with Gasteiger partial charge in [0.2, 0.25) is 0 Å². The number of rotatable bonds is 5. The number of hydrogen-bond acceptors (Lipinski definition) is 4. The van der Waals surface area contributed by atoms with Crippen molar-refractivity contribution in [2.75, 3.05) is 12.4 Å². The minimum absolute atomic E-state index is 0.242. The number of benzene rings is 2. The molecule has 0 fully saturated rings. The first-order valence-electron chi connectivity index (χ1n) is 9.81. The van der Waals surface area contributed by atoms with Crippen LogP contribution in [0.3, 0.4) is 0 Å². The fourth-order valence-electron chi connectivity index (χ4n) is 3.29. The standard InChI is InChI=1S/C24H22N4O3/c1-14-7-8-18(21(11-14)31-17-9-10-26-19(13-17)23(29)25-3)28-24(30)20-12-16-6-4-5-15(2)22(16)27-20/h4-13,27H,1-3H3,(H,25,29)(H,28,30). The zero-order valence-corrected chi connectivity index (χ0v) is 17.4. The number of hydrogen-bond donors (Lipinski definition) is 3. The first kappa shape index (κ1) is 20.2. The molecule has 2 amide bonds. The molecule has 2 aromatic carbocycles. The van der Waals surface area contributed by atoms with Crippen LogP contribution in [0.15, 0.2) is 60.8 Å². The Hall–Kier alpha value is -4.13. The van der Waals surface area contributed by atoms with Crippen LogP contribution in [0.2, 0.25) is 0 Å². The van der Waals surface area contributed by atoms with Gasteiger partial charge >= 0.3 is 0 Å². The Bertz CT molecular complexity index is 1290. The first-order valence-corrected chi connectivity index (χ1v) is 9.81. The Balaban J connectivity index is 1.61. The second kappa shape index (κ2) is 8.31. The normalized spacial score (nSPS) is 10.7. The molecule has 7 heteroatoms. The number of nitrogens with zero attached hydrogens (tertiary/aromatic N) is 1. The highest BCUT2D eigenvalue weighted by molar-refractivity contribution is 6.06. The molecule has 0 radical (unpaired) electrons. The number of carbonyl (C=O) groups is 2. The lowest BCUT2D eigenvalue weighted by Gasteiger charge is -2.13. The van der Waals surface area contributed by atoms with E-state index in [0.29, 0.717) is 22.9 Å². The van der Waals surface area contributed by atoms with Crippen molar-refractivity contribution in [1.82, 2.24) is 15.3 Å². The van der Waals surface area contributed by atoms with E-state index in [1.54, 1.807) is 18.2 Å². The number of ether oxygens (including phenoxy) is 1. The fraction of sp³-hybridized carbons (Fsp3) is 0.125. The Morgan fingerprint density at radius 2 is 1.84 bits per heavy atom. The summed E-state index contributed by atoms with van der Waals surface area (Å²) < 4.78 is 6.00. The van der Waals surface area contributed by atoms with Crippen LogP contribution < -0.4 is 15.4 Å². The molecule has 0 unspecified atom stereocenters. The topological polar surface area (TPSA) is 96.1 Å². The summed E-state index contributed by atoms with van der Waals surface area (Å²) in [6.07, 6.45) is 1.50. The second-order valence-electron chi connectivity index (χ2n) is 7.23. The summed E-state index contributed by atoms with van der Waals surface area (Å²) >= 11 is 0. The number of anilines is 1. The van der Waals surface area contributed by atoms with Crippen molar-refractivity contribution in [3.8, 4) is 11.5 Å². The molecule has 2 aromatic heterocycles. The number of aryl methyl sites for hydroxylation is 2. The van der Waals surface area contributed by atoms with Crippen LogP contribution >= 0.6 is 0 Å². The molecule has 156 valence electrons. The van der Waals surface area contributed by atoms with E-state index >= 15 is 0 Å². The number of aromatic nitrogens is 2. The maximum atomic E-state index is 12.9. The number of H-pyrrole nitrogens is 1. The number of pyridine rings is 1. The van der Waals surface area contributed by atoms with Gasteiger partial charge in [-0.25, -0.2) is 0 Å². The lowest BCUT2D eigenvalue weighted by molar-refractivity contribution is 0.0957. The maximum absolute atomic E-state index is 12.9. The van der Waals surface area contributed by atoms with E-state index in [1.165, 1.54) is 13.2 Å². The molecule has 0 spiro atoms. The third-order valence-corrected chi connectivity index (χ3v) is 4.91. The van der Waals surface area contributed by atoms with Gasteiger partial charge in [-0.3, -0.25) is 14.6 Å². The van der Waals surface area contributed by atoms with E-state index in [9.17, 15) is 9.59 Å². The molecule has 0 aliphatic carbocycles. The highest BCUT2D eigenvalue weighted by Gasteiger charge is 2.15. The monoisotopic (exact) mass is 414 g/mol. The van der Waals surface area contributed by atoms with Gasteiger partial charge in [-0.15, -0.1) is 0 Å². The van der Waals surface area contributed by atoms with Gasteiger partial charge in [0.15, 0.2) is 5.75 Å². The minimum atomic E-state index is -0.308. The van der Waals surface area contributed by atoms with Crippen molar-refractivity contribution >= 4 is 28.4 Å². The van der Waals surface area contributed by atoms with Crippen LogP contribution in [-0.2, 0) is 0 Å². The van der Waals surface area contributed by atoms with Crippen LogP contribution in [0.1, 0.15) is 32.1 Å². The van der Waals surface area contributed by atoms with Gasteiger partial charge in [-0.2, -0.15) is 0 Å². The van der Waals surface area contributed by atoms with Gasteiger partial charge in [-0.1, -0.05) is 24.3 Å². The van der Waals surface area contributed by atoms with Crippen LogP contribution in [0.4, 0.5) is 5.69 Å². The Morgan fingerprint density at radius 1 is 1.00 bits per heavy atom. The summed E-state index contributed by atoms with van der Waals surface area (Å²) in [6.45, 7) is 3.93. The molecular weight excluding hydrogens is 392 g/mol. The predicted molar refractivity (Wildman–Crippen MR) is 120 cm³/mol. The summed E-state index contributed by atoms with van der Waals surface area (Å²) in [5.41, 5.74) is 4.19. The van der Waals surface area contributed by atoms with Gasteiger partial charge in [-0.05, 0) is 49.2 Å². The van der Waals surface area contributed by atoms with Crippen LogP contribution in [-0.4, -0.2) is 28.8 Å². The van der Waals surface area contributed by atoms with E-state index in [4.69, 9.17) is 4.74 Å². The van der Waals surface area contributed by atoms with Crippen molar-refractivity contribution in [1.29, 1.82) is 0 Å². The molecule has 3 N–H and O–H groups in total. The van der Waals surface area contributed by atoms with Crippen molar-refractivity contribution < 1.29 is 14.3 Å². The highest BCUT2D eigenvalue weighted by atomic mass is 16.5. The van der Waals surface area contributed by atoms with Crippen LogP contribution in [0, 0.1) is 13.8 Å². The van der Waals surface area contributed by atoms with Crippen LogP contribution in [0.25, 0.3) is 10.9 Å². The zero-order chi connectivity index (χ0) is 22.0. The van der Waals surface area contributed by atoms with Crippen molar-refractivity contribution in [2.24, 2.45) is 0 Å². The molecule has 4 aromatic rings. The second-order valence-corrected chi connectivity index (χ2v) is 7.23. The van der Waals surface area contributed by atoms with E-state index in [0.717, 1.165) is 22.0 Å². The number of para-hydroxylation sites is 1. The first-order chi connectivity index (χ1) is 14.9. The molecule has 0 saturated carbocycles. The molecule has 4 rings (SSSR count). The van der Waals surface area contributed by atoms with Gasteiger partial charge in [0.25, 0.3) is 11.8 Å². The van der Waals surface area contributed by atoms with E-state index in [-0.39, 0.29) is 17.5 Å². The van der Waals surface area contributed by atoms with E-state index in [1.807, 2.05) is 50.2 Å². The Morgan fingerprint density at radius 3 is 2.61 bits per heavy atom. The van der Waals surface area contributed by atoms with Crippen molar-refractivity contribution in [3.63, 3.8) is 0 Å². The van der Waals surface area contributed by atoms with Crippen molar-refractivity contribution in [2.45, 2.75) is 13.8 Å². The molecular formula is C24H22N4O3. The molecule has 0 bridgehead atoms. The lowest BCUT2D eigenvalue weighted by atomic mass is 10.2. The number of carbonyl (C=O) groups excluding carboxylic acids is 2. The van der Waals surface area contributed by atoms with Gasteiger partial charge in [0.05, 0.1) is 5.69 Å². The number of fused-ring (bicyclic) bond motifs is 1. The summed E-state index contributed by atoms with van der Waals surface area (Å²) in [7, 11) is 1.54. The predicted octanol–water partition coefficient (Wildman–Crippen LogP) is 4.58. The number of amides is 2. The Labute approximate surface area is 179 Å². The molecule has 7 nitrogen and oxygen atoms in total. The van der Waals surface area contributed by atoms with Crippen LogP contribution in [0.5, 0.6) is 11.5 Å². The minimum Gasteiger partial charge on any atom is -0.455 e. The van der Waals surface area contributed by atoms with Gasteiger partial charge < -0.3 is 20.4 Å². The summed E-state index contributed by atoms with van der Waals surface area (Å²) in [5.74, 6) is 0.327. The highest BCUT2D eigenvalue weighted by Crippen LogP contribution is 2.31. The average Bonchev–Trinajstić information content (AvgIpc) is 3.21. The molecule has 0 aliphatic heterocycles. The third kappa shape index (κ3) is 4.25. The molecule has 0 atom stereocenters. The fourth-order valence-corrected chi connectivity index (χ4v) is 3.29. The quantitative estimate of drug-likeness (QED) is 0.445. The Kier molecular flexibility index (Phi) is 5.41. The van der Waals surface area contributed by atoms with Gasteiger partial charge in [0.1, 0.15) is 17.1 Å². The smallest absolute Gasteiger partial charge is 0.272 e. The lowest BCUT2D eigenvalue weighted by Crippen LogP contribution is -2.19. The molecule has 0 aliphatic rings. The third-order valence-electron chi connectivity index (χ3n) is 4.91.